The Morgan fingerprint density at radius 2 is 1.71 bits per heavy atom. The van der Waals surface area contributed by atoms with Crippen LogP contribution < -0.4 is 5.73 Å². The lowest BCUT2D eigenvalue weighted by atomic mass is 9.81. The number of nitrogens with two attached hydrogens (primary N) is 1. The van der Waals surface area contributed by atoms with E-state index in [1.807, 2.05) is 21.1 Å². The maximum absolute atomic E-state index is 11.4. The maximum atomic E-state index is 11.4. The first kappa shape index (κ1) is 20.3. The molecule has 0 amide bonds. The van der Waals surface area contributed by atoms with Crippen LogP contribution in [-0.2, 0) is 4.79 Å². The molecule has 0 aromatic carbocycles. The van der Waals surface area contributed by atoms with Crippen molar-refractivity contribution in [1.29, 1.82) is 0 Å². The van der Waals surface area contributed by atoms with Crippen molar-refractivity contribution in [3.63, 3.8) is 0 Å². The lowest BCUT2D eigenvalue weighted by Gasteiger charge is -2.28. The molecule has 0 aromatic heterocycles. The lowest BCUT2D eigenvalue weighted by Crippen LogP contribution is -2.50. The van der Waals surface area contributed by atoms with Gasteiger partial charge < -0.3 is 30.7 Å². The van der Waals surface area contributed by atoms with Gasteiger partial charge in [0.2, 0.25) is 0 Å². The van der Waals surface area contributed by atoms with Crippen molar-refractivity contribution in [1.82, 2.24) is 9.80 Å². The number of carboxylic acids is 1. The summed E-state index contributed by atoms with van der Waals surface area (Å²) in [6, 6.07) is 0. The third-order valence-corrected chi connectivity index (χ3v) is 3.63. The van der Waals surface area contributed by atoms with Gasteiger partial charge in [-0.05, 0) is 40.3 Å². The molecule has 0 rings (SSSR count). The Bertz CT molecular complexity index is 305. The fourth-order valence-corrected chi connectivity index (χ4v) is 1.98. The van der Waals surface area contributed by atoms with E-state index in [1.165, 1.54) is 0 Å². The Hall–Kier alpha value is -0.665. The van der Waals surface area contributed by atoms with Crippen LogP contribution in [-0.4, -0.2) is 84.4 Å². The predicted octanol–water partition coefficient (Wildman–Crippen LogP) is -0.705. The number of carbonyl (C=O) groups is 1. The number of carboxylic acid groups (broad SMARTS) is 1. The molecule has 0 spiro atoms. The third-order valence-electron chi connectivity index (χ3n) is 3.63. The SMILES string of the molecule is CN(C)CCN(C)CCC(N)(CCCCB(O)O)C(=O)O. The van der Waals surface area contributed by atoms with E-state index in [4.69, 9.17) is 15.8 Å². The van der Waals surface area contributed by atoms with Crippen LogP contribution >= 0.6 is 0 Å². The summed E-state index contributed by atoms with van der Waals surface area (Å²) in [4.78, 5) is 15.5. The summed E-state index contributed by atoms with van der Waals surface area (Å²) in [5.41, 5.74) is 4.76. The summed E-state index contributed by atoms with van der Waals surface area (Å²) in [6.45, 7) is 2.40. The van der Waals surface area contributed by atoms with Crippen LogP contribution in [0, 0.1) is 0 Å². The molecule has 0 bridgehead atoms. The number of aliphatic carboxylic acids is 1. The molecule has 0 saturated heterocycles. The monoisotopic (exact) mass is 303 g/mol. The normalized spacial score (nSPS) is 14.5. The fourth-order valence-electron chi connectivity index (χ4n) is 1.98. The lowest BCUT2D eigenvalue weighted by molar-refractivity contribution is -0.144. The zero-order valence-corrected chi connectivity index (χ0v) is 13.5. The molecule has 1 atom stereocenters. The van der Waals surface area contributed by atoms with Crippen molar-refractivity contribution < 1.29 is 19.9 Å². The van der Waals surface area contributed by atoms with Crippen LogP contribution in [0.2, 0.25) is 6.32 Å². The Labute approximate surface area is 127 Å². The summed E-state index contributed by atoms with van der Waals surface area (Å²) in [5, 5.41) is 26.9. The summed E-state index contributed by atoms with van der Waals surface area (Å²) >= 11 is 0. The van der Waals surface area contributed by atoms with E-state index < -0.39 is 18.6 Å². The van der Waals surface area contributed by atoms with Crippen LogP contribution in [0.4, 0.5) is 0 Å². The largest absolute Gasteiger partial charge is 0.480 e. The molecule has 0 radical (unpaired) electrons. The zero-order valence-electron chi connectivity index (χ0n) is 13.5. The number of hydrogen-bond donors (Lipinski definition) is 4. The van der Waals surface area contributed by atoms with Crippen LogP contribution in [0.5, 0.6) is 0 Å². The molecule has 1 unspecified atom stereocenters. The Morgan fingerprint density at radius 1 is 1.10 bits per heavy atom. The van der Waals surface area contributed by atoms with Crippen LogP contribution in [0.15, 0.2) is 0 Å². The number of rotatable bonds is 12. The highest BCUT2D eigenvalue weighted by Gasteiger charge is 2.33. The maximum Gasteiger partial charge on any atom is 0.451 e. The first-order chi connectivity index (χ1) is 9.67. The molecule has 124 valence electrons. The second-order valence-electron chi connectivity index (χ2n) is 6.04. The summed E-state index contributed by atoms with van der Waals surface area (Å²) in [6.07, 6.45) is 2.10. The molecular formula is C13H30BN3O4. The molecule has 7 nitrogen and oxygen atoms in total. The molecule has 0 saturated carbocycles. The topological polar surface area (TPSA) is 110 Å². The molecule has 0 aliphatic rings. The fraction of sp³-hybridized carbons (Fsp3) is 0.923. The average Bonchev–Trinajstić information content (AvgIpc) is 2.38. The molecule has 5 N–H and O–H groups in total. The van der Waals surface area contributed by atoms with Gasteiger partial charge in [-0.2, -0.15) is 0 Å². The smallest absolute Gasteiger partial charge is 0.451 e. The van der Waals surface area contributed by atoms with Crippen LogP contribution in [0.1, 0.15) is 25.7 Å². The molecule has 0 fully saturated rings. The summed E-state index contributed by atoms with van der Waals surface area (Å²) < 4.78 is 0. The van der Waals surface area contributed by atoms with Gasteiger partial charge in [-0.1, -0.05) is 12.8 Å². The molecule has 21 heavy (non-hydrogen) atoms. The van der Waals surface area contributed by atoms with Crippen molar-refractivity contribution >= 4 is 13.1 Å². The molecule has 8 heteroatoms. The van der Waals surface area contributed by atoms with Gasteiger partial charge in [0.1, 0.15) is 5.54 Å². The molecular weight excluding hydrogens is 273 g/mol. The summed E-state index contributed by atoms with van der Waals surface area (Å²) in [5.74, 6) is -0.993. The number of hydrogen-bond acceptors (Lipinski definition) is 6. The number of likely N-dealkylation sites (N-methyl/N-ethyl adjacent to an activating group) is 2. The highest BCUT2D eigenvalue weighted by atomic mass is 16.4. The van der Waals surface area contributed by atoms with Crippen molar-refractivity contribution in [2.75, 3.05) is 40.8 Å². The van der Waals surface area contributed by atoms with Crippen molar-refractivity contribution in [3.8, 4) is 0 Å². The minimum atomic E-state index is -1.33. The third kappa shape index (κ3) is 9.81. The van der Waals surface area contributed by atoms with Crippen molar-refractivity contribution in [3.05, 3.63) is 0 Å². The first-order valence-electron chi connectivity index (χ1n) is 7.39. The predicted molar refractivity (Wildman–Crippen MR) is 84.1 cm³/mol. The highest BCUT2D eigenvalue weighted by Crippen LogP contribution is 2.18. The first-order valence-corrected chi connectivity index (χ1v) is 7.39. The van der Waals surface area contributed by atoms with Crippen molar-refractivity contribution in [2.45, 2.75) is 37.5 Å². The molecule has 0 heterocycles. The number of nitrogens with zero attached hydrogens (tertiary/aromatic N) is 2. The van der Waals surface area contributed by atoms with Gasteiger partial charge in [0.15, 0.2) is 0 Å². The van der Waals surface area contributed by atoms with E-state index in [0.717, 1.165) is 13.1 Å². The van der Waals surface area contributed by atoms with E-state index in [2.05, 4.69) is 9.80 Å². The molecule has 0 aromatic rings. The van der Waals surface area contributed by atoms with Crippen LogP contribution in [0.3, 0.4) is 0 Å². The molecule has 0 aliphatic heterocycles. The van der Waals surface area contributed by atoms with E-state index in [9.17, 15) is 9.90 Å². The average molecular weight is 303 g/mol. The van der Waals surface area contributed by atoms with Gasteiger partial charge in [-0.25, -0.2) is 0 Å². The number of unbranched alkanes of at least 4 members (excludes halogenated alkanes) is 1. The highest BCUT2D eigenvalue weighted by molar-refractivity contribution is 6.40. The Balaban J connectivity index is 4.17. The Kier molecular flexibility index (Phi) is 9.81. The summed E-state index contributed by atoms with van der Waals surface area (Å²) in [7, 11) is 4.61. The molecule has 0 aliphatic carbocycles. The zero-order chi connectivity index (χ0) is 16.5. The van der Waals surface area contributed by atoms with Gasteiger partial charge >= 0.3 is 13.1 Å². The van der Waals surface area contributed by atoms with E-state index in [1.54, 1.807) is 0 Å². The van der Waals surface area contributed by atoms with Gasteiger partial charge in [-0.3, -0.25) is 4.79 Å². The quantitative estimate of drug-likeness (QED) is 0.278. The minimum Gasteiger partial charge on any atom is -0.480 e. The van der Waals surface area contributed by atoms with E-state index in [0.29, 0.717) is 32.2 Å². The minimum absolute atomic E-state index is 0.248. The second-order valence-corrected chi connectivity index (χ2v) is 6.04. The standard InChI is InChI=1S/C13H30BN3O4/c1-16(2)10-11-17(3)9-7-13(15,12(18)19)6-4-5-8-14(20)21/h20-21H,4-11,15H2,1-3H3,(H,18,19). The van der Waals surface area contributed by atoms with Gasteiger partial charge in [0.25, 0.3) is 0 Å². The van der Waals surface area contributed by atoms with E-state index >= 15 is 0 Å². The van der Waals surface area contributed by atoms with Crippen LogP contribution in [0.25, 0.3) is 0 Å². The van der Waals surface area contributed by atoms with Crippen molar-refractivity contribution in [2.24, 2.45) is 5.73 Å². The second kappa shape index (κ2) is 10.1. The van der Waals surface area contributed by atoms with Gasteiger partial charge in [0, 0.05) is 19.6 Å². The van der Waals surface area contributed by atoms with Gasteiger partial charge in [-0.15, -0.1) is 0 Å². The van der Waals surface area contributed by atoms with E-state index in [-0.39, 0.29) is 6.32 Å². The van der Waals surface area contributed by atoms with Gasteiger partial charge in [0.05, 0.1) is 0 Å². The Morgan fingerprint density at radius 3 is 2.19 bits per heavy atom.